The van der Waals surface area contributed by atoms with Gasteiger partial charge in [0, 0.05) is 0 Å². The Morgan fingerprint density at radius 2 is 2.07 bits per heavy atom. The van der Waals surface area contributed by atoms with E-state index in [1.165, 1.54) is 18.2 Å². The maximum atomic E-state index is 11.2. The van der Waals surface area contributed by atoms with Gasteiger partial charge in [-0.1, -0.05) is 31.2 Å². The predicted octanol–water partition coefficient (Wildman–Crippen LogP) is 2.35. The van der Waals surface area contributed by atoms with Crippen molar-refractivity contribution in [2.75, 3.05) is 7.11 Å². The van der Waals surface area contributed by atoms with Crippen molar-refractivity contribution in [3.8, 4) is 0 Å². The number of benzene rings is 1. The number of rotatable bonds is 3. The van der Waals surface area contributed by atoms with Gasteiger partial charge >= 0.3 is 5.97 Å². The van der Waals surface area contributed by atoms with Crippen LogP contribution in [0.5, 0.6) is 0 Å². The van der Waals surface area contributed by atoms with E-state index in [1.54, 1.807) is 0 Å². The molecule has 2 heteroatoms. The molecule has 76 valence electrons. The molecule has 1 atom stereocenters. The summed E-state index contributed by atoms with van der Waals surface area (Å²) in [5, 5.41) is 0. The fourth-order valence-corrected chi connectivity index (χ4v) is 1.45. The van der Waals surface area contributed by atoms with Crippen LogP contribution in [-0.4, -0.2) is 13.1 Å². The van der Waals surface area contributed by atoms with Crippen LogP contribution >= 0.6 is 0 Å². The standard InChI is InChI=1S/C12H16O2/c1-9-6-4-5-7-11(9)8-10(2)12(13)14-3/h4-7,10H,8H2,1-3H3/t10-/m0/s1. The van der Waals surface area contributed by atoms with Crippen molar-refractivity contribution >= 4 is 5.97 Å². The second-order valence-electron chi connectivity index (χ2n) is 3.55. The molecule has 0 aliphatic heterocycles. The van der Waals surface area contributed by atoms with Gasteiger partial charge in [0.05, 0.1) is 13.0 Å². The molecule has 1 aromatic carbocycles. The van der Waals surface area contributed by atoms with Gasteiger partial charge in [-0.05, 0) is 24.5 Å². The molecule has 0 saturated carbocycles. The van der Waals surface area contributed by atoms with Gasteiger partial charge in [0.1, 0.15) is 0 Å². The molecule has 0 spiro atoms. The quantitative estimate of drug-likeness (QED) is 0.687. The molecule has 0 unspecified atom stereocenters. The molecular weight excluding hydrogens is 176 g/mol. The highest BCUT2D eigenvalue weighted by atomic mass is 16.5. The summed E-state index contributed by atoms with van der Waals surface area (Å²) in [6, 6.07) is 8.10. The van der Waals surface area contributed by atoms with E-state index >= 15 is 0 Å². The van der Waals surface area contributed by atoms with E-state index in [0.717, 1.165) is 6.42 Å². The molecule has 0 saturated heterocycles. The highest BCUT2D eigenvalue weighted by Gasteiger charge is 2.14. The zero-order chi connectivity index (χ0) is 10.6. The van der Waals surface area contributed by atoms with Crippen LogP contribution in [0.1, 0.15) is 18.1 Å². The summed E-state index contributed by atoms with van der Waals surface area (Å²) in [6.07, 6.45) is 0.749. The third kappa shape index (κ3) is 2.59. The predicted molar refractivity (Wildman–Crippen MR) is 56.1 cm³/mol. The van der Waals surface area contributed by atoms with Crippen LogP contribution < -0.4 is 0 Å². The highest BCUT2D eigenvalue weighted by Crippen LogP contribution is 2.13. The molecule has 0 N–H and O–H groups in total. The number of hydrogen-bond donors (Lipinski definition) is 0. The Morgan fingerprint density at radius 1 is 1.43 bits per heavy atom. The first-order valence-corrected chi connectivity index (χ1v) is 4.77. The van der Waals surface area contributed by atoms with E-state index < -0.39 is 0 Å². The van der Waals surface area contributed by atoms with Gasteiger partial charge in [-0.25, -0.2) is 0 Å². The molecule has 1 rings (SSSR count). The maximum Gasteiger partial charge on any atom is 0.308 e. The second-order valence-corrected chi connectivity index (χ2v) is 3.55. The molecular formula is C12H16O2. The average molecular weight is 192 g/mol. The van der Waals surface area contributed by atoms with Crippen LogP contribution in [0.2, 0.25) is 0 Å². The topological polar surface area (TPSA) is 26.3 Å². The summed E-state index contributed by atoms with van der Waals surface area (Å²) >= 11 is 0. The van der Waals surface area contributed by atoms with Gasteiger partial charge in [-0.2, -0.15) is 0 Å². The summed E-state index contributed by atoms with van der Waals surface area (Å²) in [5.41, 5.74) is 2.44. The molecule has 0 aliphatic rings. The fourth-order valence-electron chi connectivity index (χ4n) is 1.45. The minimum absolute atomic E-state index is 0.0684. The molecule has 0 bridgehead atoms. The van der Waals surface area contributed by atoms with Gasteiger partial charge in [0.2, 0.25) is 0 Å². The Hall–Kier alpha value is -1.31. The maximum absolute atomic E-state index is 11.2. The molecule has 2 nitrogen and oxygen atoms in total. The summed E-state index contributed by atoms with van der Waals surface area (Å²) < 4.78 is 4.69. The lowest BCUT2D eigenvalue weighted by atomic mass is 9.98. The lowest BCUT2D eigenvalue weighted by molar-refractivity contribution is -0.144. The van der Waals surface area contributed by atoms with Gasteiger partial charge in [0.15, 0.2) is 0 Å². The van der Waals surface area contributed by atoms with Crippen molar-refractivity contribution in [2.45, 2.75) is 20.3 Å². The molecule has 0 amide bonds. The second kappa shape index (κ2) is 4.80. The van der Waals surface area contributed by atoms with Crippen molar-refractivity contribution in [3.05, 3.63) is 35.4 Å². The fraction of sp³-hybridized carbons (Fsp3) is 0.417. The highest BCUT2D eigenvalue weighted by molar-refractivity contribution is 5.72. The lowest BCUT2D eigenvalue weighted by Gasteiger charge is -2.10. The summed E-state index contributed by atoms with van der Waals surface area (Å²) in [6.45, 7) is 3.94. The first kappa shape index (κ1) is 10.8. The van der Waals surface area contributed by atoms with Crippen LogP contribution in [0.25, 0.3) is 0 Å². The van der Waals surface area contributed by atoms with E-state index in [4.69, 9.17) is 0 Å². The average Bonchev–Trinajstić information content (AvgIpc) is 2.20. The van der Waals surface area contributed by atoms with E-state index in [0.29, 0.717) is 0 Å². The molecule has 14 heavy (non-hydrogen) atoms. The first-order valence-electron chi connectivity index (χ1n) is 4.77. The van der Waals surface area contributed by atoms with Gasteiger partial charge in [-0.15, -0.1) is 0 Å². The molecule has 1 aromatic rings. The number of carbonyl (C=O) groups is 1. The summed E-state index contributed by atoms with van der Waals surface area (Å²) in [4.78, 5) is 11.2. The van der Waals surface area contributed by atoms with Gasteiger partial charge < -0.3 is 4.74 Å². The lowest BCUT2D eigenvalue weighted by Crippen LogP contribution is -2.15. The number of carbonyl (C=O) groups excluding carboxylic acids is 1. The molecule has 0 fully saturated rings. The van der Waals surface area contributed by atoms with Crippen molar-refractivity contribution in [1.29, 1.82) is 0 Å². The molecule has 0 aromatic heterocycles. The van der Waals surface area contributed by atoms with E-state index in [-0.39, 0.29) is 11.9 Å². The normalized spacial score (nSPS) is 12.2. The van der Waals surface area contributed by atoms with Crippen molar-refractivity contribution in [3.63, 3.8) is 0 Å². The van der Waals surface area contributed by atoms with Crippen LogP contribution in [0, 0.1) is 12.8 Å². The Labute approximate surface area is 84.9 Å². The van der Waals surface area contributed by atoms with Crippen LogP contribution in [0.15, 0.2) is 24.3 Å². The van der Waals surface area contributed by atoms with Gasteiger partial charge in [-0.3, -0.25) is 4.79 Å². The molecule has 0 radical (unpaired) electrons. The molecule has 0 aliphatic carbocycles. The van der Waals surface area contributed by atoms with Crippen LogP contribution in [0.3, 0.4) is 0 Å². The zero-order valence-electron chi connectivity index (χ0n) is 8.91. The third-order valence-corrected chi connectivity index (χ3v) is 2.39. The summed E-state index contributed by atoms with van der Waals surface area (Å²) in [5.74, 6) is -0.214. The van der Waals surface area contributed by atoms with Crippen LogP contribution in [0.4, 0.5) is 0 Å². The van der Waals surface area contributed by atoms with Crippen molar-refractivity contribution in [1.82, 2.24) is 0 Å². The van der Waals surface area contributed by atoms with E-state index in [2.05, 4.69) is 23.8 Å². The zero-order valence-corrected chi connectivity index (χ0v) is 8.91. The Balaban J connectivity index is 2.69. The van der Waals surface area contributed by atoms with E-state index in [9.17, 15) is 4.79 Å². The molecule has 0 heterocycles. The number of ether oxygens (including phenoxy) is 1. The monoisotopic (exact) mass is 192 g/mol. The van der Waals surface area contributed by atoms with Gasteiger partial charge in [0.25, 0.3) is 0 Å². The smallest absolute Gasteiger partial charge is 0.308 e. The number of hydrogen-bond acceptors (Lipinski definition) is 2. The van der Waals surface area contributed by atoms with E-state index in [1.807, 2.05) is 19.1 Å². The third-order valence-electron chi connectivity index (χ3n) is 2.39. The number of methoxy groups -OCH3 is 1. The Morgan fingerprint density at radius 3 is 2.64 bits per heavy atom. The number of esters is 1. The Kier molecular flexibility index (Phi) is 3.69. The largest absolute Gasteiger partial charge is 0.469 e. The number of aryl methyl sites for hydroxylation is 1. The minimum atomic E-state index is -0.145. The first-order chi connectivity index (χ1) is 6.65. The van der Waals surface area contributed by atoms with Crippen molar-refractivity contribution in [2.24, 2.45) is 5.92 Å². The SMILES string of the molecule is COC(=O)[C@@H](C)Cc1ccccc1C. The Bertz CT molecular complexity index is 318. The minimum Gasteiger partial charge on any atom is -0.469 e. The summed E-state index contributed by atoms with van der Waals surface area (Å²) in [7, 11) is 1.43. The van der Waals surface area contributed by atoms with Crippen LogP contribution in [-0.2, 0) is 16.0 Å². The van der Waals surface area contributed by atoms with Crippen molar-refractivity contribution < 1.29 is 9.53 Å².